The first kappa shape index (κ1) is 27.2. The highest BCUT2D eigenvalue weighted by molar-refractivity contribution is 6.32. The number of halogens is 2. The van der Waals surface area contributed by atoms with E-state index in [9.17, 15) is 9.18 Å². The number of morpholine rings is 1. The van der Waals surface area contributed by atoms with Crippen molar-refractivity contribution in [1.82, 2.24) is 29.6 Å². The molecule has 2 unspecified atom stereocenters. The number of aromatic nitrogens is 4. The lowest BCUT2D eigenvalue weighted by Crippen LogP contribution is -2.49. The van der Waals surface area contributed by atoms with Gasteiger partial charge in [0.1, 0.15) is 11.4 Å². The van der Waals surface area contributed by atoms with Crippen LogP contribution in [0.2, 0.25) is 5.02 Å². The second-order valence-electron chi connectivity index (χ2n) is 10.0. The average Bonchev–Trinajstić information content (AvgIpc) is 3.22. The van der Waals surface area contributed by atoms with Gasteiger partial charge < -0.3 is 25.0 Å². The van der Waals surface area contributed by atoms with Crippen molar-refractivity contribution >= 4 is 40.5 Å². The van der Waals surface area contributed by atoms with Crippen LogP contribution in [-0.2, 0) is 9.53 Å². The molecule has 11 nitrogen and oxygen atoms in total. The van der Waals surface area contributed by atoms with E-state index in [1.54, 1.807) is 30.8 Å². The molecule has 214 valence electrons. The number of nitrogens with zero attached hydrogens (tertiary/aromatic N) is 6. The zero-order valence-corrected chi connectivity index (χ0v) is 23.4. The summed E-state index contributed by atoms with van der Waals surface area (Å²) in [5.74, 6) is 0.525. The van der Waals surface area contributed by atoms with Gasteiger partial charge in [0.15, 0.2) is 11.5 Å². The Labute approximate surface area is 241 Å². The second-order valence-corrected chi connectivity index (χ2v) is 10.4. The standard InChI is InChI=1S/C28H30ClFN8O3/c1-31-25(39)7-9-36-13-18-16-41-19(14-36)15-38(18)17-5-6-22(24(10-17)40-2)34-28-33-11-20(29)26(35-28)23-12-32-27-21(30)4-3-8-37(23)27/h3-6,8,10-12,18-19H,7,9,13-16H2,1-2H3,(H,31,39)(H,33,34,35). The molecule has 1 amide bonds. The van der Waals surface area contributed by atoms with Gasteiger partial charge in [0, 0.05) is 57.6 Å². The highest BCUT2D eigenvalue weighted by atomic mass is 35.5. The normalized spacial score (nSPS) is 18.9. The minimum absolute atomic E-state index is 0.0383. The van der Waals surface area contributed by atoms with Crippen LogP contribution in [0.5, 0.6) is 5.75 Å². The van der Waals surface area contributed by atoms with Crippen LogP contribution in [0, 0.1) is 5.82 Å². The number of hydrogen-bond donors (Lipinski definition) is 2. The van der Waals surface area contributed by atoms with Crippen LogP contribution in [0.4, 0.5) is 21.7 Å². The van der Waals surface area contributed by atoms with E-state index in [0.717, 1.165) is 25.3 Å². The topological polar surface area (TPSA) is 109 Å². The van der Waals surface area contributed by atoms with Crippen LogP contribution < -0.4 is 20.3 Å². The number of carbonyl (C=O) groups excluding carboxylic acids is 1. The van der Waals surface area contributed by atoms with E-state index in [1.165, 1.54) is 18.5 Å². The number of ether oxygens (including phenoxy) is 2. The van der Waals surface area contributed by atoms with Crippen molar-refractivity contribution in [1.29, 1.82) is 0 Å². The van der Waals surface area contributed by atoms with Crippen molar-refractivity contribution in [2.75, 3.05) is 57.2 Å². The van der Waals surface area contributed by atoms with Crippen molar-refractivity contribution in [2.45, 2.75) is 18.6 Å². The molecule has 0 spiro atoms. The molecule has 3 saturated heterocycles. The largest absolute Gasteiger partial charge is 0.494 e. The minimum Gasteiger partial charge on any atom is -0.494 e. The molecule has 3 aliphatic heterocycles. The quantitative estimate of drug-likeness (QED) is 0.324. The van der Waals surface area contributed by atoms with E-state index in [4.69, 9.17) is 21.1 Å². The fourth-order valence-corrected chi connectivity index (χ4v) is 5.59. The summed E-state index contributed by atoms with van der Waals surface area (Å²) in [5.41, 5.74) is 2.84. The average molecular weight is 581 g/mol. The number of nitrogens with one attached hydrogen (secondary N) is 2. The third-order valence-electron chi connectivity index (χ3n) is 7.47. The number of fused-ring (bicyclic) bond motifs is 5. The van der Waals surface area contributed by atoms with Crippen LogP contribution in [-0.4, -0.2) is 89.2 Å². The lowest BCUT2D eigenvalue weighted by atomic mass is 10.1. The van der Waals surface area contributed by atoms with E-state index in [0.29, 0.717) is 53.4 Å². The summed E-state index contributed by atoms with van der Waals surface area (Å²) < 4.78 is 27.6. The first-order valence-electron chi connectivity index (χ1n) is 13.3. The number of imidazole rings is 1. The Hall–Kier alpha value is -4.00. The molecule has 7 rings (SSSR count). The molecule has 13 heteroatoms. The van der Waals surface area contributed by atoms with Crippen molar-refractivity contribution in [3.63, 3.8) is 0 Å². The number of pyridine rings is 1. The number of amides is 1. The van der Waals surface area contributed by atoms with Crippen molar-refractivity contribution in [3.8, 4) is 17.1 Å². The summed E-state index contributed by atoms with van der Waals surface area (Å²) in [6.45, 7) is 3.67. The number of carbonyl (C=O) groups is 1. The van der Waals surface area contributed by atoms with Crippen LogP contribution in [0.3, 0.4) is 0 Å². The lowest BCUT2D eigenvalue weighted by Gasteiger charge is -2.38. The fraction of sp³-hybridized carbons (Fsp3) is 0.357. The third-order valence-corrected chi connectivity index (χ3v) is 7.74. The molecule has 0 saturated carbocycles. The van der Waals surface area contributed by atoms with Gasteiger partial charge in [0.2, 0.25) is 11.9 Å². The molecule has 2 N–H and O–H groups in total. The molecule has 2 bridgehead atoms. The molecular formula is C28H30ClFN8O3. The van der Waals surface area contributed by atoms with Gasteiger partial charge in [0.25, 0.3) is 0 Å². The summed E-state index contributed by atoms with van der Waals surface area (Å²) in [4.78, 5) is 29.5. The molecule has 3 aromatic heterocycles. The summed E-state index contributed by atoms with van der Waals surface area (Å²) in [5, 5.41) is 6.23. The van der Waals surface area contributed by atoms with E-state index in [-0.39, 0.29) is 23.7 Å². The summed E-state index contributed by atoms with van der Waals surface area (Å²) in [6.07, 6.45) is 5.25. The molecule has 6 heterocycles. The molecule has 3 fully saturated rings. The predicted molar refractivity (Wildman–Crippen MR) is 153 cm³/mol. The molecule has 1 aromatic carbocycles. The maximum atomic E-state index is 14.2. The van der Waals surface area contributed by atoms with Gasteiger partial charge in [0.05, 0.1) is 54.7 Å². The molecule has 0 radical (unpaired) electrons. The first-order valence-corrected chi connectivity index (χ1v) is 13.7. The lowest BCUT2D eigenvalue weighted by molar-refractivity contribution is -0.120. The SMILES string of the molecule is CNC(=O)CCN1CC2CN(c3ccc(Nc4ncc(Cl)c(-c5cnc6c(F)cccn56)n4)c(OC)c3)C(CO2)C1. The third kappa shape index (κ3) is 5.50. The Morgan fingerprint density at radius 1 is 1.22 bits per heavy atom. The molecule has 4 aromatic rings. The van der Waals surface area contributed by atoms with Gasteiger partial charge in [-0.2, -0.15) is 0 Å². The maximum absolute atomic E-state index is 14.2. The molecular weight excluding hydrogens is 551 g/mol. The smallest absolute Gasteiger partial charge is 0.227 e. The van der Waals surface area contributed by atoms with Crippen molar-refractivity contribution < 1.29 is 18.7 Å². The number of rotatable bonds is 8. The summed E-state index contributed by atoms with van der Waals surface area (Å²) in [7, 11) is 3.27. The molecule has 3 aliphatic rings. The molecule has 0 aliphatic carbocycles. The Bertz CT molecular complexity index is 1580. The minimum atomic E-state index is -0.437. The number of benzene rings is 1. The summed E-state index contributed by atoms with van der Waals surface area (Å²) >= 11 is 6.44. The Morgan fingerprint density at radius 2 is 2.10 bits per heavy atom. The highest BCUT2D eigenvalue weighted by Crippen LogP contribution is 2.35. The molecule has 41 heavy (non-hydrogen) atoms. The van der Waals surface area contributed by atoms with Crippen LogP contribution in [0.15, 0.2) is 48.9 Å². The van der Waals surface area contributed by atoms with Crippen molar-refractivity contribution in [3.05, 3.63) is 59.8 Å². The number of hydrogen-bond acceptors (Lipinski definition) is 9. The van der Waals surface area contributed by atoms with Crippen LogP contribution >= 0.6 is 11.6 Å². The Balaban J connectivity index is 1.22. The highest BCUT2D eigenvalue weighted by Gasteiger charge is 2.36. The van der Waals surface area contributed by atoms with Gasteiger partial charge in [-0.3, -0.25) is 14.1 Å². The van der Waals surface area contributed by atoms with Gasteiger partial charge in [-0.1, -0.05) is 11.6 Å². The van der Waals surface area contributed by atoms with Crippen LogP contribution in [0.1, 0.15) is 6.42 Å². The van der Waals surface area contributed by atoms with Crippen molar-refractivity contribution in [2.24, 2.45) is 0 Å². The van der Waals surface area contributed by atoms with E-state index in [1.807, 2.05) is 18.2 Å². The zero-order chi connectivity index (χ0) is 28.5. The Morgan fingerprint density at radius 3 is 2.93 bits per heavy atom. The second kappa shape index (κ2) is 11.5. The number of methoxy groups -OCH3 is 1. The zero-order valence-electron chi connectivity index (χ0n) is 22.7. The first-order chi connectivity index (χ1) is 19.9. The maximum Gasteiger partial charge on any atom is 0.227 e. The van der Waals surface area contributed by atoms with Gasteiger partial charge >= 0.3 is 0 Å². The van der Waals surface area contributed by atoms with E-state index in [2.05, 4.69) is 35.4 Å². The van der Waals surface area contributed by atoms with Gasteiger partial charge in [-0.25, -0.2) is 19.3 Å². The van der Waals surface area contributed by atoms with E-state index >= 15 is 0 Å². The van der Waals surface area contributed by atoms with Crippen LogP contribution in [0.25, 0.3) is 17.0 Å². The summed E-state index contributed by atoms with van der Waals surface area (Å²) in [6, 6.07) is 9.05. The van der Waals surface area contributed by atoms with Gasteiger partial charge in [-0.05, 0) is 24.3 Å². The predicted octanol–water partition coefficient (Wildman–Crippen LogP) is 3.36. The number of anilines is 3. The fourth-order valence-electron chi connectivity index (χ4n) is 5.41. The van der Waals surface area contributed by atoms with E-state index < -0.39 is 5.82 Å². The Kier molecular flexibility index (Phi) is 7.61. The molecule has 2 atom stereocenters. The van der Waals surface area contributed by atoms with Gasteiger partial charge in [-0.15, -0.1) is 0 Å². The monoisotopic (exact) mass is 580 g/mol.